The van der Waals surface area contributed by atoms with Crippen LogP contribution in [0.1, 0.15) is 5.56 Å². The molecule has 3 heteroatoms. The number of imidazole rings is 1. The topological polar surface area (TPSA) is 17.3 Å². The minimum atomic E-state index is 0.673. The van der Waals surface area contributed by atoms with Gasteiger partial charge in [-0.05, 0) is 24.6 Å². The summed E-state index contributed by atoms with van der Waals surface area (Å²) < 4.78 is 1.95. The summed E-state index contributed by atoms with van der Waals surface area (Å²) in [6.07, 6.45) is 3.96. The third-order valence-corrected chi connectivity index (χ3v) is 3.15. The maximum Gasteiger partial charge on any atom is 0.156 e. The van der Waals surface area contributed by atoms with E-state index >= 15 is 0 Å². The number of hydrogen-bond acceptors (Lipinski definition) is 1. The van der Waals surface area contributed by atoms with E-state index in [0.717, 1.165) is 16.9 Å². The Morgan fingerprint density at radius 2 is 1.94 bits per heavy atom. The van der Waals surface area contributed by atoms with Crippen molar-refractivity contribution in [2.75, 3.05) is 0 Å². The molecule has 0 spiro atoms. The Bertz CT molecular complexity index is 686. The lowest BCUT2D eigenvalue weighted by Crippen LogP contribution is -1.81. The van der Waals surface area contributed by atoms with Crippen LogP contribution in [0, 0.1) is 6.92 Å². The molecule has 0 unspecified atom stereocenters. The second-order valence-corrected chi connectivity index (χ2v) is 4.44. The maximum absolute atomic E-state index is 6.11. The highest BCUT2D eigenvalue weighted by Crippen LogP contribution is 2.25. The van der Waals surface area contributed by atoms with Gasteiger partial charge < -0.3 is 4.40 Å². The first-order valence-corrected chi connectivity index (χ1v) is 5.83. The van der Waals surface area contributed by atoms with Gasteiger partial charge in [0.25, 0.3) is 0 Å². The van der Waals surface area contributed by atoms with Crippen molar-refractivity contribution in [1.82, 2.24) is 9.38 Å². The van der Waals surface area contributed by atoms with Gasteiger partial charge in [-0.15, -0.1) is 0 Å². The van der Waals surface area contributed by atoms with Gasteiger partial charge in [0.15, 0.2) is 5.65 Å². The normalized spacial score (nSPS) is 10.9. The van der Waals surface area contributed by atoms with E-state index in [1.807, 2.05) is 41.1 Å². The fourth-order valence-electron chi connectivity index (χ4n) is 1.97. The lowest BCUT2D eigenvalue weighted by molar-refractivity contribution is 1.19. The van der Waals surface area contributed by atoms with Gasteiger partial charge >= 0.3 is 0 Å². The maximum atomic E-state index is 6.11. The third kappa shape index (κ3) is 1.71. The monoisotopic (exact) mass is 242 g/mol. The van der Waals surface area contributed by atoms with Gasteiger partial charge in [-0.3, -0.25) is 0 Å². The molecule has 0 saturated carbocycles. The molecule has 84 valence electrons. The smallest absolute Gasteiger partial charge is 0.156 e. The lowest BCUT2D eigenvalue weighted by Gasteiger charge is -1.99. The summed E-state index contributed by atoms with van der Waals surface area (Å²) >= 11 is 6.11. The van der Waals surface area contributed by atoms with Crippen molar-refractivity contribution in [3.05, 3.63) is 59.4 Å². The second-order valence-electron chi connectivity index (χ2n) is 4.03. The largest absolute Gasteiger partial charge is 0.305 e. The summed E-state index contributed by atoms with van der Waals surface area (Å²) in [6.45, 7) is 2.08. The van der Waals surface area contributed by atoms with Crippen molar-refractivity contribution >= 4 is 17.2 Å². The summed E-state index contributed by atoms with van der Waals surface area (Å²) in [5.41, 5.74) is 4.11. The first-order valence-electron chi connectivity index (χ1n) is 5.45. The molecule has 2 heterocycles. The molecule has 2 aromatic heterocycles. The fraction of sp³-hybridized carbons (Fsp3) is 0.0714. The first-order chi connectivity index (χ1) is 8.25. The van der Waals surface area contributed by atoms with Crippen LogP contribution in [0.3, 0.4) is 0 Å². The minimum absolute atomic E-state index is 0.673. The van der Waals surface area contributed by atoms with E-state index in [0.29, 0.717) is 5.02 Å². The molecule has 0 N–H and O–H groups in total. The number of nitrogens with zero attached hydrogens (tertiary/aromatic N) is 2. The number of benzene rings is 1. The molecule has 0 aliphatic rings. The molecule has 0 radical (unpaired) electrons. The van der Waals surface area contributed by atoms with Crippen molar-refractivity contribution < 1.29 is 0 Å². The Kier molecular flexibility index (Phi) is 2.37. The third-order valence-electron chi connectivity index (χ3n) is 2.86. The zero-order valence-electron chi connectivity index (χ0n) is 9.39. The molecule has 0 aliphatic heterocycles. The second kappa shape index (κ2) is 3.90. The van der Waals surface area contributed by atoms with Crippen molar-refractivity contribution in [2.24, 2.45) is 0 Å². The number of fused-ring (bicyclic) bond motifs is 1. The molecule has 3 aromatic rings. The average molecular weight is 243 g/mol. The average Bonchev–Trinajstić information content (AvgIpc) is 2.75. The van der Waals surface area contributed by atoms with Crippen molar-refractivity contribution in [3.63, 3.8) is 0 Å². The van der Waals surface area contributed by atoms with E-state index in [1.165, 1.54) is 5.56 Å². The summed E-state index contributed by atoms with van der Waals surface area (Å²) in [4.78, 5) is 4.57. The van der Waals surface area contributed by atoms with E-state index in [1.54, 1.807) is 0 Å². The van der Waals surface area contributed by atoms with Crippen LogP contribution in [0.5, 0.6) is 0 Å². The molecule has 1 aromatic carbocycles. The van der Waals surface area contributed by atoms with Gasteiger partial charge in [-0.1, -0.05) is 35.9 Å². The first kappa shape index (κ1) is 10.4. The fourth-order valence-corrected chi connectivity index (χ4v) is 2.18. The Morgan fingerprint density at radius 3 is 2.71 bits per heavy atom. The molecule has 0 fully saturated rings. The molecule has 0 atom stereocenters. The van der Waals surface area contributed by atoms with Crippen molar-refractivity contribution in [2.45, 2.75) is 6.92 Å². The highest BCUT2D eigenvalue weighted by Gasteiger charge is 2.07. The Balaban J connectivity index is 2.26. The summed E-state index contributed by atoms with van der Waals surface area (Å²) in [5.74, 6) is 0. The van der Waals surface area contributed by atoms with Crippen LogP contribution in [0.4, 0.5) is 0 Å². The van der Waals surface area contributed by atoms with Crippen LogP contribution in [-0.2, 0) is 0 Å². The summed E-state index contributed by atoms with van der Waals surface area (Å²) in [5, 5.41) is 0.673. The number of halogens is 1. The molecule has 17 heavy (non-hydrogen) atoms. The molecule has 3 rings (SSSR count). The van der Waals surface area contributed by atoms with Crippen LogP contribution in [0.25, 0.3) is 16.9 Å². The molecular formula is C14H11ClN2. The van der Waals surface area contributed by atoms with Crippen molar-refractivity contribution in [1.29, 1.82) is 0 Å². The van der Waals surface area contributed by atoms with Gasteiger partial charge in [-0.2, -0.15) is 0 Å². The van der Waals surface area contributed by atoms with Crippen LogP contribution in [0.15, 0.2) is 48.8 Å². The predicted molar refractivity (Wildman–Crippen MR) is 70.4 cm³/mol. The van der Waals surface area contributed by atoms with Crippen LogP contribution < -0.4 is 0 Å². The van der Waals surface area contributed by atoms with Gasteiger partial charge in [0, 0.05) is 18.0 Å². The Morgan fingerprint density at radius 1 is 1.12 bits per heavy atom. The van der Waals surface area contributed by atoms with E-state index in [-0.39, 0.29) is 0 Å². The molecular weight excluding hydrogens is 232 g/mol. The van der Waals surface area contributed by atoms with Gasteiger partial charge in [-0.25, -0.2) is 4.98 Å². The quantitative estimate of drug-likeness (QED) is 0.631. The molecule has 0 saturated heterocycles. The number of pyridine rings is 1. The lowest BCUT2D eigenvalue weighted by atomic mass is 10.1. The van der Waals surface area contributed by atoms with Crippen molar-refractivity contribution in [3.8, 4) is 11.3 Å². The SMILES string of the molecule is Cc1ccccc1-c1cn2cccc(Cl)c2n1. The Hall–Kier alpha value is -1.80. The van der Waals surface area contributed by atoms with Gasteiger partial charge in [0.1, 0.15) is 0 Å². The predicted octanol–water partition coefficient (Wildman–Crippen LogP) is 3.96. The molecule has 0 amide bonds. The minimum Gasteiger partial charge on any atom is -0.305 e. The highest BCUT2D eigenvalue weighted by atomic mass is 35.5. The van der Waals surface area contributed by atoms with Crippen LogP contribution in [0.2, 0.25) is 5.02 Å². The van der Waals surface area contributed by atoms with Crippen LogP contribution >= 0.6 is 11.6 Å². The number of aromatic nitrogens is 2. The molecule has 0 bridgehead atoms. The zero-order valence-corrected chi connectivity index (χ0v) is 10.1. The molecule has 0 aliphatic carbocycles. The van der Waals surface area contributed by atoms with E-state index < -0.39 is 0 Å². The van der Waals surface area contributed by atoms with E-state index in [2.05, 4.69) is 24.0 Å². The van der Waals surface area contributed by atoms with Gasteiger partial charge in [0.2, 0.25) is 0 Å². The Labute approximate surface area is 104 Å². The standard InChI is InChI=1S/C14H11ClN2/c1-10-5-2-3-6-11(10)13-9-17-8-4-7-12(15)14(17)16-13/h2-9H,1H3. The number of hydrogen-bond donors (Lipinski definition) is 0. The number of aryl methyl sites for hydroxylation is 1. The highest BCUT2D eigenvalue weighted by molar-refractivity contribution is 6.33. The van der Waals surface area contributed by atoms with E-state index in [9.17, 15) is 0 Å². The number of rotatable bonds is 1. The van der Waals surface area contributed by atoms with Gasteiger partial charge in [0.05, 0.1) is 10.7 Å². The summed E-state index contributed by atoms with van der Waals surface area (Å²) in [6, 6.07) is 12.0. The van der Waals surface area contributed by atoms with E-state index in [4.69, 9.17) is 11.6 Å². The van der Waals surface area contributed by atoms with Crippen LogP contribution in [-0.4, -0.2) is 9.38 Å². The zero-order chi connectivity index (χ0) is 11.8. The molecule has 2 nitrogen and oxygen atoms in total. The summed E-state index contributed by atoms with van der Waals surface area (Å²) in [7, 11) is 0.